The summed E-state index contributed by atoms with van der Waals surface area (Å²) in [6, 6.07) is 25.0. The molecule has 0 saturated carbocycles. The van der Waals surface area contributed by atoms with Gasteiger partial charge >= 0.3 is 0 Å². The van der Waals surface area contributed by atoms with Crippen LogP contribution >= 0.6 is 11.8 Å². The van der Waals surface area contributed by atoms with Crippen LogP contribution in [0.3, 0.4) is 0 Å². The maximum atomic E-state index is 5.34. The third-order valence-corrected chi connectivity index (χ3v) is 5.74. The summed E-state index contributed by atoms with van der Waals surface area (Å²) in [7, 11) is 1.69. The zero-order valence-electron chi connectivity index (χ0n) is 16.8. The van der Waals surface area contributed by atoms with Crippen molar-refractivity contribution >= 4 is 11.8 Å². The number of thioether (sulfide) groups is 1. The summed E-state index contributed by atoms with van der Waals surface area (Å²) < 4.78 is 7.47. The number of rotatable bonds is 6. The van der Waals surface area contributed by atoms with Crippen LogP contribution in [0.5, 0.6) is 5.75 Å². The highest BCUT2D eigenvalue weighted by atomic mass is 32.2. The van der Waals surface area contributed by atoms with Gasteiger partial charge < -0.3 is 4.74 Å². The topological polar surface area (TPSA) is 39.9 Å². The SMILES string of the molecule is COc1cccc(CSc2nnc(-c3ccc(C)cc3)n2-c2ccc(C)cc2)c1. The maximum Gasteiger partial charge on any atom is 0.196 e. The molecule has 0 amide bonds. The van der Waals surface area contributed by atoms with Gasteiger partial charge in [-0.2, -0.15) is 0 Å². The van der Waals surface area contributed by atoms with E-state index in [-0.39, 0.29) is 0 Å². The van der Waals surface area contributed by atoms with Crippen molar-refractivity contribution in [2.45, 2.75) is 24.8 Å². The van der Waals surface area contributed by atoms with E-state index in [1.165, 1.54) is 16.7 Å². The molecule has 5 heteroatoms. The maximum absolute atomic E-state index is 5.34. The first kappa shape index (κ1) is 19.3. The summed E-state index contributed by atoms with van der Waals surface area (Å²) in [6.45, 7) is 4.18. The molecule has 4 aromatic rings. The Hall–Kier alpha value is -3.05. The fraction of sp³-hybridized carbons (Fsp3) is 0.167. The largest absolute Gasteiger partial charge is 0.497 e. The quantitative estimate of drug-likeness (QED) is 0.380. The zero-order valence-corrected chi connectivity index (χ0v) is 17.6. The second-order valence-electron chi connectivity index (χ2n) is 6.98. The van der Waals surface area contributed by atoms with Crippen LogP contribution < -0.4 is 4.74 Å². The van der Waals surface area contributed by atoms with E-state index >= 15 is 0 Å². The van der Waals surface area contributed by atoms with Crippen LogP contribution in [0, 0.1) is 13.8 Å². The predicted octanol–water partition coefficient (Wildman–Crippen LogP) is 5.85. The van der Waals surface area contributed by atoms with Gasteiger partial charge in [-0.15, -0.1) is 10.2 Å². The molecule has 0 atom stereocenters. The normalized spacial score (nSPS) is 10.9. The highest BCUT2D eigenvalue weighted by molar-refractivity contribution is 7.98. The van der Waals surface area contributed by atoms with E-state index in [9.17, 15) is 0 Å². The van der Waals surface area contributed by atoms with Crippen molar-refractivity contribution in [1.82, 2.24) is 14.8 Å². The molecule has 0 unspecified atom stereocenters. The van der Waals surface area contributed by atoms with Crippen molar-refractivity contribution in [3.63, 3.8) is 0 Å². The molecule has 0 aliphatic carbocycles. The van der Waals surface area contributed by atoms with E-state index in [1.807, 2.05) is 12.1 Å². The Balaban J connectivity index is 1.71. The van der Waals surface area contributed by atoms with Crippen LogP contribution in [-0.4, -0.2) is 21.9 Å². The van der Waals surface area contributed by atoms with Gasteiger partial charge in [-0.1, -0.05) is 71.4 Å². The number of benzene rings is 3. The summed E-state index contributed by atoms with van der Waals surface area (Å²) in [5, 5.41) is 9.91. The molecular weight excluding hydrogens is 378 g/mol. The minimum absolute atomic E-state index is 0.787. The summed E-state index contributed by atoms with van der Waals surface area (Å²) >= 11 is 1.67. The molecule has 4 nitrogen and oxygen atoms in total. The van der Waals surface area contributed by atoms with Crippen molar-refractivity contribution in [1.29, 1.82) is 0 Å². The minimum atomic E-state index is 0.787. The molecule has 1 aromatic heterocycles. The molecule has 0 bridgehead atoms. The van der Waals surface area contributed by atoms with Crippen LogP contribution in [0.25, 0.3) is 17.1 Å². The molecule has 0 aliphatic rings. The van der Waals surface area contributed by atoms with Crippen molar-refractivity contribution in [2.24, 2.45) is 0 Å². The lowest BCUT2D eigenvalue weighted by molar-refractivity contribution is 0.414. The lowest BCUT2D eigenvalue weighted by atomic mass is 10.1. The molecule has 0 radical (unpaired) electrons. The van der Waals surface area contributed by atoms with Gasteiger partial charge in [-0.3, -0.25) is 4.57 Å². The van der Waals surface area contributed by atoms with Crippen molar-refractivity contribution in [3.05, 3.63) is 89.5 Å². The van der Waals surface area contributed by atoms with Gasteiger partial charge in [0.25, 0.3) is 0 Å². The molecule has 0 fully saturated rings. The Morgan fingerprint density at radius 2 is 1.55 bits per heavy atom. The van der Waals surface area contributed by atoms with Gasteiger partial charge in [0.2, 0.25) is 0 Å². The number of methoxy groups -OCH3 is 1. The molecule has 0 aliphatic heterocycles. The Kier molecular flexibility index (Phi) is 5.67. The van der Waals surface area contributed by atoms with Crippen LogP contribution in [-0.2, 0) is 5.75 Å². The highest BCUT2D eigenvalue weighted by Crippen LogP contribution is 2.30. The first-order valence-corrected chi connectivity index (χ1v) is 10.5. The monoisotopic (exact) mass is 401 g/mol. The summed E-state index contributed by atoms with van der Waals surface area (Å²) in [4.78, 5) is 0. The number of nitrogens with zero attached hydrogens (tertiary/aromatic N) is 3. The number of hydrogen-bond acceptors (Lipinski definition) is 4. The van der Waals surface area contributed by atoms with Crippen molar-refractivity contribution < 1.29 is 4.74 Å². The second-order valence-corrected chi connectivity index (χ2v) is 7.93. The molecule has 0 spiro atoms. The van der Waals surface area contributed by atoms with Gasteiger partial charge in [-0.05, 0) is 43.7 Å². The Bertz CT molecular complexity index is 1100. The van der Waals surface area contributed by atoms with Crippen LogP contribution in [0.15, 0.2) is 78.0 Å². The van der Waals surface area contributed by atoms with Gasteiger partial charge in [0, 0.05) is 17.0 Å². The van der Waals surface area contributed by atoms with E-state index in [4.69, 9.17) is 4.74 Å². The number of aryl methyl sites for hydroxylation is 2. The summed E-state index contributed by atoms with van der Waals surface area (Å²) in [5.41, 5.74) is 5.75. The third-order valence-electron chi connectivity index (χ3n) is 4.74. The molecule has 4 rings (SSSR count). The van der Waals surface area contributed by atoms with Crippen LogP contribution in [0.2, 0.25) is 0 Å². The lowest BCUT2D eigenvalue weighted by Crippen LogP contribution is -2.00. The first-order chi connectivity index (χ1) is 14.1. The molecule has 146 valence electrons. The predicted molar refractivity (Wildman–Crippen MR) is 119 cm³/mol. The zero-order chi connectivity index (χ0) is 20.2. The van der Waals surface area contributed by atoms with E-state index in [0.29, 0.717) is 0 Å². The summed E-state index contributed by atoms with van der Waals surface area (Å²) in [5.74, 6) is 2.50. The van der Waals surface area contributed by atoms with Crippen LogP contribution in [0.4, 0.5) is 0 Å². The Labute approximate surface area is 175 Å². The Morgan fingerprint density at radius 1 is 0.862 bits per heavy atom. The molecule has 0 saturated heterocycles. The van der Waals surface area contributed by atoms with Gasteiger partial charge in [0.1, 0.15) is 5.75 Å². The van der Waals surface area contributed by atoms with Crippen LogP contribution in [0.1, 0.15) is 16.7 Å². The minimum Gasteiger partial charge on any atom is -0.497 e. The molecular formula is C24H23N3OS. The Morgan fingerprint density at radius 3 is 2.24 bits per heavy atom. The molecule has 3 aromatic carbocycles. The number of aromatic nitrogens is 3. The van der Waals surface area contributed by atoms with Crippen molar-refractivity contribution in [3.8, 4) is 22.8 Å². The van der Waals surface area contributed by atoms with Gasteiger partial charge in [0.05, 0.1) is 7.11 Å². The molecule has 29 heavy (non-hydrogen) atoms. The average Bonchev–Trinajstić information content (AvgIpc) is 3.17. The second kappa shape index (κ2) is 8.53. The number of ether oxygens (including phenoxy) is 1. The number of hydrogen-bond donors (Lipinski definition) is 0. The average molecular weight is 402 g/mol. The molecule has 1 heterocycles. The van der Waals surface area contributed by atoms with Crippen molar-refractivity contribution in [2.75, 3.05) is 7.11 Å². The standard InChI is InChI=1S/C24H23N3OS/c1-17-7-11-20(12-8-17)23-25-26-24(27(23)21-13-9-18(2)10-14-21)29-16-19-5-4-6-22(15-19)28-3/h4-15H,16H2,1-3H3. The fourth-order valence-corrected chi connectivity index (χ4v) is 3.98. The van der Waals surface area contributed by atoms with Gasteiger partial charge in [0.15, 0.2) is 11.0 Å². The molecule has 0 N–H and O–H groups in total. The highest BCUT2D eigenvalue weighted by Gasteiger charge is 2.16. The summed E-state index contributed by atoms with van der Waals surface area (Å²) in [6.07, 6.45) is 0. The van der Waals surface area contributed by atoms with E-state index in [0.717, 1.165) is 33.7 Å². The lowest BCUT2D eigenvalue weighted by Gasteiger charge is -2.11. The third kappa shape index (κ3) is 4.35. The van der Waals surface area contributed by atoms with E-state index in [2.05, 4.69) is 89.3 Å². The van der Waals surface area contributed by atoms with E-state index < -0.39 is 0 Å². The van der Waals surface area contributed by atoms with E-state index in [1.54, 1.807) is 18.9 Å². The van der Waals surface area contributed by atoms with Gasteiger partial charge in [-0.25, -0.2) is 0 Å². The smallest absolute Gasteiger partial charge is 0.196 e. The first-order valence-electron chi connectivity index (χ1n) is 9.49. The fourth-order valence-electron chi connectivity index (χ4n) is 3.09.